The van der Waals surface area contributed by atoms with Gasteiger partial charge in [-0.25, -0.2) is 4.98 Å². The molecular formula is C49H32N4. The third kappa shape index (κ3) is 5.01. The number of pyridine rings is 1. The molecule has 0 radical (unpaired) electrons. The van der Waals surface area contributed by atoms with Crippen LogP contribution in [0.4, 0.5) is 0 Å². The van der Waals surface area contributed by atoms with Gasteiger partial charge in [0.05, 0.1) is 17.9 Å². The number of fused-ring (bicyclic) bond motifs is 10. The molecule has 4 heteroatoms. The van der Waals surface area contributed by atoms with E-state index in [0.717, 1.165) is 44.5 Å². The molecule has 0 fully saturated rings. The first-order valence-corrected chi connectivity index (χ1v) is 17.7. The van der Waals surface area contributed by atoms with Crippen molar-refractivity contribution in [2.24, 2.45) is 5.73 Å². The van der Waals surface area contributed by atoms with Gasteiger partial charge in [0.25, 0.3) is 0 Å². The predicted octanol–water partition coefficient (Wildman–Crippen LogP) is 11.1. The van der Waals surface area contributed by atoms with Crippen LogP contribution in [0.2, 0.25) is 0 Å². The van der Waals surface area contributed by atoms with Crippen molar-refractivity contribution in [2.75, 3.05) is 0 Å². The fraction of sp³-hybridized carbons (Fsp3) is 0.0408. The third-order valence-electron chi connectivity index (χ3n) is 10.7. The summed E-state index contributed by atoms with van der Waals surface area (Å²) < 4.78 is 0. The monoisotopic (exact) mass is 676 g/mol. The molecule has 0 amide bonds. The van der Waals surface area contributed by atoms with E-state index in [4.69, 9.17) is 5.73 Å². The number of nitrogens with zero attached hydrogens (tertiary/aromatic N) is 3. The van der Waals surface area contributed by atoms with Crippen LogP contribution in [0.1, 0.15) is 39.9 Å². The molecular weight excluding hydrogens is 645 g/mol. The normalized spacial score (nSPS) is 13.2. The first kappa shape index (κ1) is 31.7. The van der Waals surface area contributed by atoms with Gasteiger partial charge in [0.15, 0.2) is 0 Å². The Labute approximate surface area is 309 Å². The van der Waals surface area contributed by atoms with Crippen LogP contribution in [-0.2, 0) is 5.41 Å². The van der Waals surface area contributed by atoms with Gasteiger partial charge in [-0.3, -0.25) is 0 Å². The van der Waals surface area contributed by atoms with Gasteiger partial charge in [-0.2, -0.15) is 10.5 Å². The average Bonchev–Trinajstić information content (AvgIpc) is 3.69. The summed E-state index contributed by atoms with van der Waals surface area (Å²) in [6.07, 6.45) is 7.29. The highest BCUT2D eigenvalue weighted by atomic mass is 14.7. The van der Waals surface area contributed by atoms with Crippen LogP contribution in [0.25, 0.3) is 61.2 Å². The average molecular weight is 677 g/mol. The lowest BCUT2D eigenvalue weighted by atomic mass is 9.70. The van der Waals surface area contributed by atoms with E-state index < -0.39 is 5.41 Å². The summed E-state index contributed by atoms with van der Waals surface area (Å²) in [5.74, 6) is 0. The molecule has 0 bridgehead atoms. The Morgan fingerprint density at radius 2 is 1.11 bits per heavy atom. The van der Waals surface area contributed by atoms with Crippen molar-refractivity contribution in [3.8, 4) is 67.8 Å². The van der Waals surface area contributed by atoms with Crippen LogP contribution in [0.3, 0.4) is 0 Å². The van der Waals surface area contributed by atoms with E-state index in [-0.39, 0.29) is 0 Å². The highest BCUT2D eigenvalue weighted by molar-refractivity contribution is 5.97. The molecule has 9 rings (SSSR count). The number of nitriles is 2. The molecule has 2 aliphatic rings. The standard InChI is InChI=1S/C49H32N4/c50-23-7-12-32(21-24-51)33-8-5-9-34(26-33)37-17-19-43-44-20-18-38(35-10-6-11-36(27-35)39-22-25-53-40(28-39)31-52)30-48(44)49(47(43)29-37)45-15-3-1-13-41(45)42-14-2-4-16-46(42)49/h1-6,8-22,24-30H,7,51H2/b24-21-,32-12+. The SMILES string of the molecule is N#CC/C=C(\C=C/N)c1cccc(-c2ccc3c(c2)C2(c4ccccc4-c4ccccc42)c2cc(-c4cccc(-c5ccnc(C#N)c5)c4)ccc2-3)c1. The van der Waals surface area contributed by atoms with E-state index in [2.05, 4.69) is 151 Å². The molecule has 1 aromatic heterocycles. The zero-order valence-corrected chi connectivity index (χ0v) is 28.8. The van der Waals surface area contributed by atoms with Crippen molar-refractivity contribution in [1.29, 1.82) is 10.5 Å². The smallest absolute Gasteiger partial charge is 0.141 e. The zero-order chi connectivity index (χ0) is 35.9. The minimum Gasteiger partial charge on any atom is -0.405 e. The van der Waals surface area contributed by atoms with Crippen LogP contribution < -0.4 is 5.73 Å². The summed E-state index contributed by atoms with van der Waals surface area (Å²) in [5, 5.41) is 18.7. The lowest BCUT2D eigenvalue weighted by molar-refractivity contribution is 0.794. The minimum absolute atomic E-state index is 0.306. The van der Waals surface area contributed by atoms with E-state index in [1.165, 1.54) is 50.7 Å². The number of rotatable bonds is 6. The summed E-state index contributed by atoms with van der Waals surface area (Å²) in [6, 6.07) is 56.7. The van der Waals surface area contributed by atoms with Crippen LogP contribution in [0, 0.1) is 22.7 Å². The predicted molar refractivity (Wildman–Crippen MR) is 213 cm³/mol. The largest absolute Gasteiger partial charge is 0.405 e. The van der Waals surface area contributed by atoms with E-state index in [9.17, 15) is 10.5 Å². The maximum absolute atomic E-state index is 9.48. The number of hydrogen-bond donors (Lipinski definition) is 1. The van der Waals surface area contributed by atoms with Crippen molar-refractivity contribution >= 4 is 5.57 Å². The van der Waals surface area contributed by atoms with Gasteiger partial charge in [0, 0.05) is 6.20 Å². The van der Waals surface area contributed by atoms with Crippen molar-refractivity contribution < 1.29 is 0 Å². The second kappa shape index (κ2) is 12.8. The Kier molecular flexibility index (Phi) is 7.66. The first-order valence-electron chi connectivity index (χ1n) is 17.7. The molecule has 6 aromatic carbocycles. The molecule has 0 aliphatic heterocycles. The fourth-order valence-corrected chi connectivity index (χ4v) is 8.47. The summed E-state index contributed by atoms with van der Waals surface area (Å²) in [4.78, 5) is 4.17. The van der Waals surface area contributed by atoms with E-state index in [0.29, 0.717) is 12.1 Å². The molecule has 0 saturated carbocycles. The highest BCUT2D eigenvalue weighted by Gasteiger charge is 2.51. The van der Waals surface area contributed by atoms with E-state index in [1.807, 2.05) is 24.3 Å². The van der Waals surface area contributed by atoms with E-state index in [1.54, 1.807) is 6.20 Å². The van der Waals surface area contributed by atoms with Crippen LogP contribution in [-0.4, -0.2) is 4.98 Å². The molecule has 7 aromatic rings. The van der Waals surface area contributed by atoms with Crippen LogP contribution >= 0.6 is 0 Å². The summed E-state index contributed by atoms with van der Waals surface area (Å²) in [6.45, 7) is 0. The van der Waals surface area contributed by atoms with Gasteiger partial charge >= 0.3 is 0 Å². The molecule has 0 saturated heterocycles. The summed E-state index contributed by atoms with van der Waals surface area (Å²) >= 11 is 0. The molecule has 1 heterocycles. The van der Waals surface area contributed by atoms with Crippen molar-refractivity contribution in [3.63, 3.8) is 0 Å². The van der Waals surface area contributed by atoms with Gasteiger partial charge in [-0.05, 0) is 138 Å². The number of nitrogens with two attached hydrogens (primary N) is 1. The Balaban J connectivity index is 1.25. The second-order valence-corrected chi connectivity index (χ2v) is 13.4. The van der Waals surface area contributed by atoms with E-state index >= 15 is 0 Å². The minimum atomic E-state index is -0.522. The Morgan fingerprint density at radius 1 is 0.566 bits per heavy atom. The van der Waals surface area contributed by atoms with Gasteiger partial charge in [0.2, 0.25) is 0 Å². The number of aromatic nitrogens is 1. The van der Waals surface area contributed by atoms with Crippen molar-refractivity contribution in [2.45, 2.75) is 11.8 Å². The number of allylic oxidation sites excluding steroid dienone is 3. The van der Waals surface area contributed by atoms with Gasteiger partial charge in [-0.15, -0.1) is 0 Å². The molecule has 53 heavy (non-hydrogen) atoms. The maximum atomic E-state index is 9.48. The molecule has 2 N–H and O–H groups in total. The lowest BCUT2D eigenvalue weighted by Crippen LogP contribution is -2.26. The van der Waals surface area contributed by atoms with Gasteiger partial charge in [0.1, 0.15) is 11.8 Å². The zero-order valence-electron chi connectivity index (χ0n) is 28.8. The molecule has 4 nitrogen and oxygen atoms in total. The van der Waals surface area contributed by atoms with Gasteiger partial charge < -0.3 is 5.73 Å². The summed E-state index contributed by atoms with van der Waals surface area (Å²) in [5.41, 5.74) is 24.2. The first-order chi connectivity index (χ1) is 26.1. The number of benzene rings is 6. The second-order valence-electron chi connectivity index (χ2n) is 13.4. The fourth-order valence-electron chi connectivity index (χ4n) is 8.47. The molecule has 2 aliphatic carbocycles. The van der Waals surface area contributed by atoms with Crippen molar-refractivity contribution in [3.05, 3.63) is 204 Å². The maximum Gasteiger partial charge on any atom is 0.141 e. The Morgan fingerprint density at radius 3 is 1.72 bits per heavy atom. The number of hydrogen-bond acceptors (Lipinski definition) is 4. The van der Waals surface area contributed by atoms with Gasteiger partial charge in [-0.1, -0.05) is 115 Å². The quantitative estimate of drug-likeness (QED) is 0.178. The Bertz CT molecular complexity index is 2710. The summed E-state index contributed by atoms with van der Waals surface area (Å²) in [7, 11) is 0. The van der Waals surface area contributed by atoms with Crippen LogP contribution in [0.5, 0.6) is 0 Å². The molecule has 1 spiro atoms. The molecule has 248 valence electrons. The third-order valence-corrected chi connectivity index (χ3v) is 10.7. The topological polar surface area (TPSA) is 86.5 Å². The van der Waals surface area contributed by atoms with Crippen molar-refractivity contribution in [1.82, 2.24) is 4.98 Å². The molecule has 0 unspecified atom stereocenters. The molecule has 0 atom stereocenters. The lowest BCUT2D eigenvalue weighted by Gasteiger charge is -2.31. The highest BCUT2D eigenvalue weighted by Crippen LogP contribution is 2.63. The Hall–Kier alpha value is -7.27. The van der Waals surface area contributed by atoms with Crippen LogP contribution in [0.15, 0.2) is 170 Å².